The van der Waals surface area contributed by atoms with Crippen LogP contribution in [0.5, 0.6) is 5.75 Å². The molecule has 4 N–H and O–H groups in total. The summed E-state index contributed by atoms with van der Waals surface area (Å²) < 4.78 is 65.9. The minimum absolute atomic E-state index is 0.00110. The van der Waals surface area contributed by atoms with Gasteiger partial charge in [0.1, 0.15) is 11.6 Å². The topological polar surface area (TPSA) is 117 Å². The highest BCUT2D eigenvalue weighted by molar-refractivity contribution is 8.25. The Morgan fingerprint density at radius 3 is 2.58 bits per heavy atom. The average Bonchev–Trinajstić information content (AvgIpc) is 3.10. The van der Waals surface area contributed by atoms with Gasteiger partial charge in [0.2, 0.25) is 5.91 Å². The van der Waals surface area contributed by atoms with Gasteiger partial charge in [-0.15, -0.1) is 0 Å². The van der Waals surface area contributed by atoms with E-state index in [1.165, 1.54) is 6.07 Å². The van der Waals surface area contributed by atoms with Gasteiger partial charge in [0.15, 0.2) is 0 Å². The number of aromatic nitrogens is 2. The van der Waals surface area contributed by atoms with Crippen LogP contribution in [0.1, 0.15) is 51.4 Å². The molecule has 2 heterocycles. The molecule has 1 saturated heterocycles. The maximum absolute atomic E-state index is 14.9. The molecule has 2 aliphatic rings. The van der Waals surface area contributed by atoms with E-state index in [9.17, 15) is 32.2 Å². The number of rotatable bonds is 7. The van der Waals surface area contributed by atoms with Crippen LogP contribution in [0.15, 0.2) is 18.2 Å². The molecule has 2 unspecified atom stereocenters. The van der Waals surface area contributed by atoms with E-state index < -0.39 is 46.1 Å². The van der Waals surface area contributed by atoms with Crippen molar-refractivity contribution in [2.45, 2.75) is 70.8 Å². The highest BCUT2D eigenvalue weighted by Crippen LogP contribution is 2.54. The second-order valence-corrected chi connectivity index (χ2v) is 12.8. The number of amides is 1. The second-order valence-electron chi connectivity index (χ2n) is 10.6. The Labute approximate surface area is 209 Å². The highest BCUT2D eigenvalue weighted by Gasteiger charge is 2.47. The number of alkyl halides is 2. The molecule has 0 radical (unpaired) electrons. The Balaban J connectivity index is 1.69. The molecular weight excluding hydrogens is 499 g/mol. The summed E-state index contributed by atoms with van der Waals surface area (Å²) in [5.41, 5.74) is -0.269. The van der Waals surface area contributed by atoms with Crippen molar-refractivity contribution in [2.75, 3.05) is 11.5 Å². The van der Waals surface area contributed by atoms with Crippen molar-refractivity contribution in [3.8, 4) is 17.0 Å². The molecule has 1 fully saturated rings. The smallest absolute Gasteiger partial charge is 0.387 e. The van der Waals surface area contributed by atoms with E-state index in [1.807, 2.05) is 0 Å². The third-order valence-corrected chi connectivity index (χ3v) is 9.20. The number of fused-ring (bicyclic) bond motifs is 1. The molecule has 1 aliphatic carbocycles. The van der Waals surface area contributed by atoms with E-state index in [4.69, 9.17) is 0 Å². The maximum atomic E-state index is 14.9. The van der Waals surface area contributed by atoms with Crippen LogP contribution in [0.4, 0.5) is 13.2 Å². The Hall–Kier alpha value is -2.28. The molecule has 1 aromatic heterocycles. The summed E-state index contributed by atoms with van der Waals surface area (Å²) in [5.74, 6) is -1.30. The minimum Gasteiger partial charge on any atom is -0.435 e. The summed E-state index contributed by atoms with van der Waals surface area (Å²) in [6.45, 7) is 3.70. The van der Waals surface area contributed by atoms with Gasteiger partial charge in [0.25, 0.3) is 0 Å². The van der Waals surface area contributed by atoms with E-state index in [0.29, 0.717) is 24.1 Å². The van der Waals surface area contributed by atoms with Crippen molar-refractivity contribution in [1.82, 2.24) is 15.1 Å². The SMILES string of the molecule is CC(n1nc(-c2cc(OC(F)F)ccc2F)c2c1CC(C(=O)NC1(C)CS(O)(O)C1)CC2)C(C)(C)O. The van der Waals surface area contributed by atoms with Gasteiger partial charge in [-0.2, -0.15) is 24.5 Å². The molecule has 12 heteroatoms. The van der Waals surface area contributed by atoms with Crippen LogP contribution in [-0.4, -0.2) is 59.2 Å². The zero-order chi connectivity index (χ0) is 26.6. The van der Waals surface area contributed by atoms with Gasteiger partial charge >= 0.3 is 6.61 Å². The van der Waals surface area contributed by atoms with E-state index >= 15 is 0 Å². The fourth-order valence-corrected chi connectivity index (χ4v) is 7.11. The lowest BCUT2D eigenvalue weighted by molar-refractivity contribution is -0.126. The molecule has 4 rings (SSSR count). The molecule has 1 aliphatic heterocycles. The van der Waals surface area contributed by atoms with Gasteiger partial charge in [-0.05, 0) is 58.7 Å². The van der Waals surface area contributed by atoms with Crippen LogP contribution in [-0.2, 0) is 17.6 Å². The van der Waals surface area contributed by atoms with Gasteiger partial charge in [0.05, 0.1) is 34.4 Å². The minimum atomic E-state index is -3.06. The second kappa shape index (κ2) is 9.23. The van der Waals surface area contributed by atoms with Crippen molar-refractivity contribution < 1.29 is 36.9 Å². The Morgan fingerprint density at radius 1 is 1.33 bits per heavy atom. The van der Waals surface area contributed by atoms with Crippen molar-refractivity contribution in [1.29, 1.82) is 0 Å². The predicted octanol–water partition coefficient (Wildman–Crippen LogP) is 4.37. The number of ether oxygens (including phenoxy) is 1. The van der Waals surface area contributed by atoms with Crippen molar-refractivity contribution in [3.05, 3.63) is 35.3 Å². The number of nitrogens with one attached hydrogen (secondary N) is 1. The lowest BCUT2D eigenvalue weighted by atomic mass is 9.84. The summed E-state index contributed by atoms with van der Waals surface area (Å²) in [5, 5.41) is 18.2. The molecular formula is C24H32F3N3O5S. The molecule has 2 atom stereocenters. The molecule has 8 nitrogen and oxygen atoms in total. The van der Waals surface area contributed by atoms with Crippen molar-refractivity contribution in [2.24, 2.45) is 5.92 Å². The maximum Gasteiger partial charge on any atom is 0.387 e. The van der Waals surface area contributed by atoms with E-state index in [0.717, 1.165) is 12.1 Å². The number of carbonyl (C=O) groups excluding carboxylic acids is 1. The summed E-state index contributed by atoms with van der Waals surface area (Å²) >= 11 is 0. The normalized spacial score (nSPS) is 22.4. The van der Waals surface area contributed by atoms with E-state index in [1.54, 1.807) is 32.4 Å². The summed E-state index contributed by atoms with van der Waals surface area (Å²) in [7, 11) is -2.64. The predicted molar refractivity (Wildman–Crippen MR) is 130 cm³/mol. The first-order valence-electron chi connectivity index (χ1n) is 11.7. The van der Waals surface area contributed by atoms with Crippen molar-refractivity contribution in [3.63, 3.8) is 0 Å². The van der Waals surface area contributed by atoms with Gasteiger partial charge in [0, 0.05) is 29.2 Å². The number of halogens is 3. The van der Waals surface area contributed by atoms with Gasteiger partial charge in [-0.1, -0.05) is 0 Å². The quantitative estimate of drug-likeness (QED) is 0.422. The van der Waals surface area contributed by atoms with Gasteiger partial charge in [-0.3, -0.25) is 18.6 Å². The number of hydrogen-bond donors (Lipinski definition) is 4. The monoisotopic (exact) mass is 531 g/mol. The number of aliphatic hydroxyl groups is 1. The van der Waals surface area contributed by atoms with E-state index in [2.05, 4.69) is 15.2 Å². The van der Waals surface area contributed by atoms with Crippen LogP contribution in [0, 0.1) is 11.7 Å². The zero-order valence-electron chi connectivity index (χ0n) is 20.6. The number of carbonyl (C=O) groups is 1. The Kier molecular flexibility index (Phi) is 6.87. The average molecular weight is 532 g/mol. The summed E-state index contributed by atoms with van der Waals surface area (Å²) in [6.07, 6.45) is 1.10. The first-order chi connectivity index (χ1) is 16.6. The Bertz CT molecular complexity index is 1160. The summed E-state index contributed by atoms with van der Waals surface area (Å²) in [4.78, 5) is 13.1. The Morgan fingerprint density at radius 2 is 2.00 bits per heavy atom. The highest BCUT2D eigenvalue weighted by atomic mass is 32.3. The molecule has 0 bridgehead atoms. The van der Waals surface area contributed by atoms with Crippen LogP contribution >= 0.6 is 10.6 Å². The third kappa shape index (κ3) is 5.36. The summed E-state index contributed by atoms with van der Waals surface area (Å²) in [6, 6.07) is 2.80. The lowest BCUT2D eigenvalue weighted by Gasteiger charge is -2.54. The first-order valence-corrected chi connectivity index (χ1v) is 13.6. The fourth-order valence-electron chi connectivity index (χ4n) is 5.01. The third-order valence-electron chi connectivity index (χ3n) is 7.00. The molecule has 1 aromatic carbocycles. The number of nitrogens with zero attached hydrogens (tertiary/aromatic N) is 2. The van der Waals surface area contributed by atoms with Gasteiger partial charge in [-0.25, -0.2) is 4.39 Å². The van der Waals surface area contributed by atoms with Crippen LogP contribution < -0.4 is 10.1 Å². The standard InChI is InChI=1S/C24H32F3N3O5S/c1-13(23(2,3)32)30-19-9-14(21(31)28-24(4)11-36(33,34)12-24)5-7-16(19)20(29-30)17-10-15(35-22(26)27)6-8-18(17)25/h6,8,10,13-14,22,32-34H,5,7,9,11-12H2,1-4H3,(H,28,31). The van der Waals surface area contributed by atoms with Crippen LogP contribution in [0.25, 0.3) is 11.3 Å². The van der Waals surface area contributed by atoms with Gasteiger partial charge < -0.3 is 15.2 Å². The first kappa shape index (κ1) is 26.8. The molecule has 36 heavy (non-hydrogen) atoms. The number of hydrogen-bond acceptors (Lipinski definition) is 6. The fraction of sp³-hybridized carbons (Fsp3) is 0.583. The molecule has 0 spiro atoms. The molecule has 2 aromatic rings. The van der Waals surface area contributed by atoms with Crippen LogP contribution in [0.3, 0.4) is 0 Å². The largest absolute Gasteiger partial charge is 0.435 e. The molecule has 0 saturated carbocycles. The number of benzene rings is 1. The lowest BCUT2D eigenvalue weighted by Crippen LogP contribution is -2.62. The zero-order valence-corrected chi connectivity index (χ0v) is 21.4. The molecule has 1 amide bonds. The van der Waals surface area contributed by atoms with E-state index in [-0.39, 0.29) is 40.8 Å². The van der Waals surface area contributed by atoms with Crippen molar-refractivity contribution >= 4 is 16.5 Å². The van der Waals surface area contributed by atoms with Crippen LogP contribution in [0.2, 0.25) is 0 Å². The molecule has 200 valence electrons.